The van der Waals surface area contributed by atoms with Gasteiger partial charge in [-0.15, -0.1) is 0 Å². The van der Waals surface area contributed by atoms with Gasteiger partial charge < -0.3 is 9.47 Å². The molecule has 0 unspecified atom stereocenters. The van der Waals surface area contributed by atoms with Crippen molar-refractivity contribution in [1.82, 2.24) is 0 Å². The van der Waals surface area contributed by atoms with Crippen molar-refractivity contribution in [2.24, 2.45) is 0 Å². The number of halogens is 3. The Morgan fingerprint density at radius 1 is 1.05 bits per heavy atom. The molecule has 2 aromatic carbocycles. The maximum Gasteiger partial charge on any atom is 0.194 e. The van der Waals surface area contributed by atoms with Crippen LogP contribution in [-0.4, -0.2) is 20.0 Å². The maximum atomic E-state index is 13.5. The molecule has 0 amide bonds. The Morgan fingerprint density at radius 2 is 1.71 bits per heavy atom. The molecule has 0 fully saturated rings. The van der Waals surface area contributed by atoms with Gasteiger partial charge in [0, 0.05) is 11.1 Å². The van der Waals surface area contributed by atoms with E-state index in [1.54, 1.807) is 6.07 Å². The largest absolute Gasteiger partial charge is 0.493 e. The predicted octanol–water partition coefficient (Wildman–Crippen LogP) is 3.98. The second kappa shape index (κ2) is 6.22. The maximum absolute atomic E-state index is 13.5. The Kier molecular flexibility index (Phi) is 4.57. The first-order valence-corrected chi connectivity index (χ1v) is 6.69. The van der Waals surface area contributed by atoms with E-state index in [4.69, 9.17) is 9.47 Å². The van der Waals surface area contributed by atoms with Crippen LogP contribution in [0, 0.1) is 11.6 Å². The summed E-state index contributed by atoms with van der Waals surface area (Å²) in [5, 5.41) is 0. The summed E-state index contributed by atoms with van der Waals surface area (Å²) in [5.41, 5.74) is 0.306. The summed E-state index contributed by atoms with van der Waals surface area (Å²) < 4.78 is 36.6. The van der Waals surface area contributed by atoms with Crippen molar-refractivity contribution in [1.29, 1.82) is 0 Å². The van der Waals surface area contributed by atoms with Crippen molar-refractivity contribution < 1.29 is 23.0 Å². The van der Waals surface area contributed by atoms with Gasteiger partial charge in [0.2, 0.25) is 0 Å². The molecule has 0 saturated heterocycles. The summed E-state index contributed by atoms with van der Waals surface area (Å²) in [5.74, 6) is -1.73. The minimum Gasteiger partial charge on any atom is -0.493 e. The van der Waals surface area contributed by atoms with Crippen LogP contribution in [0.1, 0.15) is 15.9 Å². The minimum atomic E-state index is -1.10. The number of ketones is 1. The Balaban J connectivity index is 2.48. The molecule has 0 radical (unpaired) electrons. The zero-order valence-electron chi connectivity index (χ0n) is 11.2. The molecule has 110 valence electrons. The highest BCUT2D eigenvalue weighted by atomic mass is 79.9. The standard InChI is InChI=1S/C15H11BrF2O3/c1-20-11-6-3-8(7-12(11)21-2)15(19)9-4-5-10(17)14(18)13(9)16/h3-7H,1-2H3. The highest BCUT2D eigenvalue weighted by Crippen LogP contribution is 2.30. The SMILES string of the molecule is COc1ccc(C(=O)c2ccc(F)c(F)c2Br)cc1OC. The Labute approximate surface area is 128 Å². The predicted molar refractivity (Wildman–Crippen MR) is 77.0 cm³/mol. The van der Waals surface area contributed by atoms with E-state index in [1.807, 2.05) is 0 Å². The molecule has 0 aliphatic rings. The lowest BCUT2D eigenvalue weighted by Crippen LogP contribution is -2.05. The number of carbonyl (C=O) groups is 1. The lowest BCUT2D eigenvalue weighted by molar-refractivity contribution is 0.103. The summed E-state index contributed by atoms with van der Waals surface area (Å²) >= 11 is 2.90. The van der Waals surface area contributed by atoms with Crippen molar-refractivity contribution in [3.8, 4) is 11.5 Å². The van der Waals surface area contributed by atoms with Crippen LogP contribution in [0.5, 0.6) is 11.5 Å². The minimum absolute atomic E-state index is 0.0288. The molecule has 6 heteroatoms. The van der Waals surface area contributed by atoms with Gasteiger partial charge in [-0.05, 0) is 46.3 Å². The van der Waals surface area contributed by atoms with E-state index in [9.17, 15) is 13.6 Å². The highest BCUT2D eigenvalue weighted by Gasteiger charge is 2.19. The van der Waals surface area contributed by atoms with Crippen molar-refractivity contribution in [3.05, 3.63) is 57.6 Å². The molecule has 0 spiro atoms. The number of ether oxygens (including phenoxy) is 2. The average Bonchev–Trinajstić information content (AvgIpc) is 2.51. The number of methoxy groups -OCH3 is 2. The van der Waals surface area contributed by atoms with Crippen LogP contribution >= 0.6 is 15.9 Å². The van der Waals surface area contributed by atoms with Gasteiger partial charge >= 0.3 is 0 Å². The van der Waals surface area contributed by atoms with Crippen LogP contribution in [-0.2, 0) is 0 Å². The zero-order valence-corrected chi connectivity index (χ0v) is 12.8. The lowest BCUT2D eigenvalue weighted by Gasteiger charge is -2.10. The van der Waals surface area contributed by atoms with E-state index in [2.05, 4.69) is 15.9 Å². The molecule has 0 N–H and O–H groups in total. The second-order valence-electron chi connectivity index (χ2n) is 4.12. The molecule has 0 aliphatic heterocycles. The molecule has 0 heterocycles. The quantitative estimate of drug-likeness (QED) is 0.614. The van der Waals surface area contributed by atoms with Gasteiger partial charge in [-0.2, -0.15) is 0 Å². The number of benzene rings is 2. The Morgan fingerprint density at radius 3 is 2.33 bits per heavy atom. The lowest BCUT2D eigenvalue weighted by atomic mass is 10.0. The summed E-state index contributed by atoms with van der Waals surface area (Å²) in [6.45, 7) is 0. The molecule has 0 bridgehead atoms. The van der Waals surface area contributed by atoms with Crippen LogP contribution < -0.4 is 9.47 Å². The van der Waals surface area contributed by atoms with Crippen molar-refractivity contribution in [2.45, 2.75) is 0 Å². The van der Waals surface area contributed by atoms with Crippen LogP contribution in [0.15, 0.2) is 34.8 Å². The fourth-order valence-corrected chi connectivity index (χ4v) is 2.34. The molecule has 0 atom stereocenters. The highest BCUT2D eigenvalue weighted by molar-refractivity contribution is 9.10. The van der Waals surface area contributed by atoms with Crippen molar-refractivity contribution in [3.63, 3.8) is 0 Å². The normalized spacial score (nSPS) is 10.3. The summed E-state index contributed by atoms with van der Waals surface area (Å²) in [7, 11) is 2.92. The first-order chi connectivity index (χ1) is 9.99. The van der Waals surface area contributed by atoms with Crippen LogP contribution in [0.3, 0.4) is 0 Å². The first-order valence-electron chi connectivity index (χ1n) is 5.89. The molecule has 21 heavy (non-hydrogen) atoms. The van der Waals surface area contributed by atoms with Crippen molar-refractivity contribution in [2.75, 3.05) is 14.2 Å². The topological polar surface area (TPSA) is 35.5 Å². The number of hydrogen-bond donors (Lipinski definition) is 0. The van der Waals surface area contributed by atoms with Gasteiger partial charge in [-0.25, -0.2) is 8.78 Å². The third kappa shape index (κ3) is 2.90. The molecule has 2 rings (SSSR count). The van der Waals surface area contributed by atoms with E-state index in [0.717, 1.165) is 6.07 Å². The smallest absolute Gasteiger partial charge is 0.194 e. The molecule has 0 saturated carbocycles. The second-order valence-corrected chi connectivity index (χ2v) is 4.91. The van der Waals surface area contributed by atoms with E-state index in [0.29, 0.717) is 11.5 Å². The molecule has 3 nitrogen and oxygen atoms in total. The van der Waals surface area contributed by atoms with Crippen LogP contribution in [0.25, 0.3) is 0 Å². The molecule has 2 aromatic rings. The van der Waals surface area contributed by atoms with Gasteiger partial charge in [0.05, 0.1) is 18.7 Å². The van der Waals surface area contributed by atoms with E-state index in [1.165, 1.54) is 32.4 Å². The summed E-state index contributed by atoms with van der Waals surface area (Å²) in [6.07, 6.45) is 0. The van der Waals surface area contributed by atoms with Crippen LogP contribution in [0.4, 0.5) is 8.78 Å². The Bertz CT molecular complexity index is 702. The first kappa shape index (κ1) is 15.4. The fourth-order valence-electron chi connectivity index (χ4n) is 1.83. The molecule has 0 aliphatic carbocycles. The number of hydrogen-bond acceptors (Lipinski definition) is 3. The molecular weight excluding hydrogens is 346 g/mol. The van der Waals surface area contributed by atoms with Gasteiger partial charge in [0.15, 0.2) is 28.9 Å². The van der Waals surface area contributed by atoms with Gasteiger partial charge in [-0.3, -0.25) is 4.79 Å². The number of rotatable bonds is 4. The average molecular weight is 357 g/mol. The van der Waals surface area contributed by atoms with Gasteiger partial charge in [0.1, 0.15) is 0 Å². The van der Waals surface area contributed by atoms with E-state index in [-0.39, 0.29) is 15.6 Å². The summed E-state index contributed by atoms with van der Waals surface area (Å²) in [4.78, 5) is 12.4. The number of carbonyl (C=O) groups excluding carboxylic acids is 1. The zero-order chi connectivity index (χ0) is 15.6. The van der Waals surface area contributed by atoms with Crippen LogP contribution in [0.2, 0.25) is 0 Å². The fraction of sp³-hybridized carbons (Fsp3) is 0.133. The third-order valence-corrected chi connectivity index (χ3v) is 3.70. The van der Waals surface area contributed by atoms with Gasteiger partial charge in [-0.1, -0.05) is 0 Å². The van der Waals surface area contributed by atoms with Crippen molar-refractivity contribution >= 4 is 21.7 Å². The monoisotopic (exact) mass is 356 g/mol. The molecule has 0 aromatic heterocycles. The Hall–Kier alpha value is -1.95. The molecular formula is C15H11BrF2O3. The van der Waals surface area contributed by atoms with Gasteiger partial charge in [0.25, 0.3) is 0 Å². The summed E-state index contributed by atoms with van der Waals surface area (Å²) in [6, 6.07) is 6.71. The van der Waals surface area contributed by atoms with E-state index >= 15 is 0 Å². The van der Waals surface area contributed by atoms with E-state index < -0.39 is 17.4 Å². The third-order valence-electron chi connectivity index (χ3n) is 2.93.